The fraction of sp³-hybridized carbons (Fsp3) is 0.316. The van der Waals surface area contributed by atoms with Crippen LogP contribution in [-0.4, -0.2) is 75.0 Å². The summed E-state index contributed by atoms with van der Waals surface area (Å²) in [5.41, 5.74) is -0.545. The monoisotopic (exact) mass is 654 g/mol. The lowest BCUT2D eigenvalue weighted by Crippen LogP contribution is -2.44. The summed E-state index contributed by atoms with van der Waals surface area (Å²) < 4.78 is 61.1. The molecule has 2 aromatic heterocycles. The van der Waals surface area contributed by atoms with Crippen LogP contribution in [0.25, 0.3) is 22.2 Å². The van der Waals surface area contributed by atoms with Crippen molar-refractivity contribution in [3.8, 4) is 11.1 Å². The van der Waals surface area contributed by atoms with Crippen LogP contribution in [0.2, 0.25) is 0 Å². The molecular weight excluding hydrogens is 633 g/mol. The smallest absolute Gasteiger partial charge is 0.387 e. The molecule has 3 aromatic rings. The highest BCUT2D eigenvalue weighted by Crippen LogP contribution is 2.61. The van der Waals surface area contributed by atoms with Gasteiger partial charge in [-0.15, -0.1) is 14.0 Å². The number of aliphatic hydroxyl groups excluding tert-OH is 1. The lowest BCUT2D eigenvalue weighted by atomic mass is 9.96. The van der Waals surface area contributed by atoms with E-state index in [4.69, 9.17) is 24.3 Å². The van der Waals surface area contributed by atoms with Crippen LogP contribution in [0.3, 0.4) is 0 Å². The third kappa shape index (κ3) is 5.85. The summed E-state index contributed by atoms with van der Waals surface area (Å²) in [6.07, 6.45) is -2.03. The van der Waals surface area contributed by atoms with E-state index in [0.717, 1.165) is 6.33 Å². The van der Waals surface area contributed by atoms with Gasteiger partial charge in [0.15, 0.2) is 6.23 Å². The van der Waals surface area contributed by atoms with E-state index in [1.807, 2.05) is 0 Å². The third-order valence-corrected chi connectivity index (χ3v) is 9.21. The van der Waals surface area contributed by atoms with E-state index in [0.29, 0.717) is 22.1 Å². The Bertz CT molecular complexity index is 1690. The predicted molar refractivity (Wildman–Crippen MR) is 134 cm³/mol. The Balaban J connectivity index is 1.40. The van der Waals surface area contributed by atoms with Gasteiger partial charge in [-0.3, -0.25) is 9.32 Å². The molecule has 0 aliphatic carbocycles. The summed E-state index contributed by atoms with van der Waals surface area (Å²) in [7, 11) is -16.6. The molecule has 0 spiro atoms. The second-order valence-corrected chi connectivity index (χ2v) is 13.3. The molecule has 1 fully saturated rings. The summed E-state index contributed by atoms with van der Waals surface area (Å²) in [5, 5.41) is 34.1. The number of carbonyl (C=O) groups excluding carboxylic acids is 1. The number of fused-ring (bicyclic) bond motifs is 2. The zero-order chi connectivity index (χ0) is 30.7. The van der Waals surface area contributed by atoms with Gasteiger partial charge in [-0.1, -0.05) is 18.2 Å². The highest BCUT2D eigenvalue weighted by molar-refractivity contribution is 7.60. The summed E-state index contributed by atoms with van der Waals surface area (Å²) in [6.45, 7) is 0.232. The van der Waals surface area contributed by atoms with Gasteiger partial charge < -0.3 is 39.5 Å². The Hall–Kier alpha value is -2.48. The first-order valence-electron chi connectivity index (χ1n) is 11.4. The largest absolute Gasteiger partial charge is 0.529 e. The predicted octanol–water partition coefficient (Wildman–Crippen LogP) is 1.45. The minimum absolute atomic E-state index is 0.176. The Kier molecular flexibility index (Phi) is 8.04. The molecule has 0 radical (unpaired) electrons. The van der Waals surface area contributed by atoms with E-state index in [2.05, 4.69) is 33.6 Å². The molecule has 2 aliphatic rings. The fourth-order valence-electron chi connectivity index (χ4n) is 4.49. The van der Waals surface area contributed by atoms with E-state index in [1.54, 1.807) is 24.3 Å². The zero-order valence-corrected chi connectivity index (χ0v) is 23.5. The average molecular weight is 654 g/mol. The highest BCUT2D eigenvalue weighted by Gasteiger charge is 2.54. The van der Waals surface area contributed by atoms with Gasteiger partial charge >= 0.3 is 23.5 Å². The topological polar surface area (TPSA) is 288 Å². The third-order valence-electron chi connectivity index (χ3n) is 6.24. The molecule has 6 atom stereocenters. The molecule has 2 aliphatic heterocycles. The van der Waals surface area contributed by atoms with Crippen molar-refractivity contribution in [3.63, 3.8) is 0 Å². The van der Waals surface area contributed by atoms with Crippen molar-refractivity contribution in [3.05, 3.63) is 42.4 Å². The molecular formula is C19H21N4O16P3. The number of amides is 1. The van der Waals surface area contributed by atoms with Gasteiger partial charge in [0.05, 0.1) is 12.0 Å². The van der Waals surface area contributed by atoms with Gasteiger partial charge in [0.25, 0.3) is 5.91 Å². The lowest BCUT2D eigenvalue weighted by molar-refractivity contribution is -0.220. The van der Waals surface area contributed by atoms with E-state index in [9.17, 15) is 33.6 Å². The second-order valence-electron chi connectivity index (χ2n) is 9.08. The molecule has 1 saturated heterocycles. The van der Waals surface area contributed by atoms with Crippen LogP contribution >= 0.6 is 23.5 Å². The number of benzene rings is 1. The van der Waals surface area contributed by atoms with Gasteiger partial charge in [-0.05, 0) is 18.6 Å². The number of phosphoric acid groups is 3. The number of aliphatic hydroxyl groups is 2. The minimum Gasteiger partial charge on any atom is -0.387 e. The van der Waals surface area contributed by atoms with Crippen molar-refractivity contribution >= 4 is 46.2 Å². The standard InChI is InChI=1S/C19H21N4O16P3/c1-19(26)14(24)12(7-34-42(33,36-27)38-37-41(31,32)39-40(28,29)30)35-18(19)23-6-11-9-4-2-3-5-10(9)17(25)22-15-13(11)16(23)21-8-20-15/h2-6,8,12,14,18,24,26-27H,7H2,1H3,(H,31,32)(H2,28,29,30)(H,20,21,22,25)/t12-,14-,18-,19-,42?/m1/s1. The maximum atomic E-state index is 12.8. The van der Waals surface area contributed by atoms with Gasteiger partial charge in [-0.25, -0.2) is 28.9 Å². The molecule has 2 unspecified atom stereocenters. The zero-order valence-electron chi connectivity index (χ0n) is 20.9. The fourth-order valence-corrected chi connectivity index (χ4v) is 6.78. The molecule has 42 heavy (non-hydrogen) atoms. The van der Waals surface area contributed by atoms with Crippen molar-refractivity contribution in [1.29, 1.82) is 0 Å². The van der Waals surface area contributed by atoms with Crippen molar-refractivity contribution in [2.45, 2.75) is 31.0 Å². The van der Waals surface area contributed by atoms with Crippen LogP contribution in [0.1, 0.15) is 23.5 Å². The normalized spacial score (nSPS) is 26.7. The number of nitrogens with one attached hydrogen (secondary N) is 1. The van der Waals surface area contributed by atoms with E-state index in [-0.39, 0.29) is 11.5 Å². The molecule has 7 N–H and O–H groups in total. The molecule has 20 nitrogen and oxygen atoms in total. The summed E-state index contributed by atoms with van der Waals surface area (Å²) in [5.74, 6) is -0.229. The molecule has 0 bridgehead atoms. The highest BCUT2D eigenvalue weighted by atomic mass is 31.3. The van der Waals surface area contributed by atoms with Crippen molar-refractivity contribution in [1.82, 2.24) is 14.5 Å². The Morgan fingerprint density at radius 1 is 1.10 bits per heavy atom. The van der Waals surface area contributed by atoms with Crippen LogP contribution < -0.4 is 5.32 Å². The second kappa shape index (κ2) is 10.9. The molecule has 1 aromatic carbocycles. The summed E-state index contributed by atoms with van der Waals surface area (Å²) >= 11 is 0. The Morgan fingerprint density at radius 2 is 1.79 bits per heavy atom. The molecule has 0 saturated carbocycles. The Morgan fingerprint density at radius 3 is 2.45 bits per heavy atom. The molecule has 228 valence electrons. The number of hydrogen-bond acceptors (Lipinski definition) is 15. The van der Waals surface area contributed by atoms with Gasteiger partial charge in [0.1, 0.15) is 35.6 Å². The molecule has 23 heteroatoms. The SMILES string of the molecule is C[C@@]1(O)[C@H](O)[C@@H](COP(=O)(OO)OOP(=O)(O)OP(=O)(O)O)O[C@H]1n1cc2c3c(ncnc31)NC(=O)c1ccccc1-2. The maximum Gasteiger partial charge on any atom is 0.529 e. The lowest BCUT2D eigenvalue weighted by Gasteiger charge is -2.27. The number of anilines is 1. The number of hydrogen-bond donors (Lipinski definition) is 7. The Labute approximate surface area is 233 Å². The number of aromatic nitrogens is 3. The van der Waals surface area contributed by atoms with Crippen LogP contribution in [0, 0.1) is 0 Å². The first kappa shape index (κ1) is 31.0. The quantitative estimate of drug-likeness (QED) is 0.0924. The van der Waals surface area contributed by atoms with Crippen molar-refractivity contribution < 1.29 is 76.2 Å². The number of carbonyl (C=O) groups is 1. The molecule has 1 amide bonds. The van der Waals surface area contributed by atoms with Gasteiger partial charge in [0.2, 0.25) is 0 Å². The summed E-state index contributed by atoms with van der Waals surface area (Å²) in [6, 6.07) is 6.69. The first-order valence-corrected chi connectivity index (χ1v) is 15.9. The van der Waals surface area contributed by atoms with Gasteiger partial charge in [-0.2, -0.15) is 4.31 Å². The van der Waals surface area contributed by atoms with Crippen LogP contribution in [-0.2, 0) is 41.3 Å². The average Bonchev–Trinajstić information content (AvgIpc) is 3.35. The number of rotatable bonds is 10. The molecule has 5 rings (SSSR count). The van der Waals surface area contributed by atoms with Crippen LogP contribution in [0.5, 0.6) is 0 Å². The van der Waals surface area contributed by atoms with Crippen molar-refractivity contribution in [2.75, 3.05) is 11.9 Å². The van der Waals surface area contributed by atoms with Crippen molar-refractivity contribution in [2.24, 2.45) is 0 Å². The summed E-state index contributed by atoms with van der Waals surface area (Å²) in [4.78, 5) is 47.6. The first-order chi connectivity index (χ1) is 19.6. The van der Waals surface area contributed by atoms with E-state index < -0.39 is 60.0 Å². The van der Waals surface area contributed by atoms with Crippen LogP contribution in [0.15, 0.2) is 36.8 Å². The van der Waals surface area contributed by atoms with E-state index >= 15 is 0 Å². The number of ether oxygens (including phenoxy) is 1. The maximum absolute atomic E-state index is 12.8. The molecule has 4 heterocycles. The van der Waals surface area contributed by atoms with Gasteiger partial charge in [0, 0.05) is 17.3 Å². The van der Waals surface area contributed by atoms with E-state index in [1.165, 1.54) is 17.7 Å². The van der Waals surface area contributed by atoms with Crippen LogP contribution in [0.4, 0.5) is 5.82 Å². The number of nitrogens with zero attached hydrogens (tertiary/aromatic N) is 3. The minimum atomic E-state index is -5.70.